The van der Waals surface area contributed by atoms with Crippen LogP contribution >= 0.6 is 0 Å². The fourth-order valence-corrected chi connectivity index (χ4v) is 3.70. The van der Waals surface area contributed by atoms with E-state index in [1.807, 2.05) is 19.1 Å². The van der Waals surface area contributed by atoms with Crippen LogP contribution in [0.5, 0.6) is 0 Å². The van der Waals surface area contributed by atoms with Crippen LogP contribution in [0.25, 0.3) is 0 Å². The van der Waals surface area contributed by atoms with E-state index in [2.05, 4.69) is 46.5 Å². The van der Waals surface area contributed by atoms with Gasteiger partial charge in [0.1, 0.15) is 18.7 Å². The monoisotopic (exact) mass is 406 g/mol. The van der Waals surface area contributed by atoms with E-state index in [1.165, 1.54) is 6.33 Å². The molecule has 0 spiro atoms. The van der Waals surface area contributed by atoms with Gasteiger partial charge in [-0.1, -0.05) is 32.9 Å². The van der Waals surface area contributed by atoms with Crippen molar-refractivity contribution in [2.24, 2.45) is 12.0 Å². The van der Waals surface area contributed by atoms with Gasteiger partial charge in [-0.3, -0.25) is 4.68 Å². The van der Waals surface area contributed by atoms with E-state index in [9.17, 15) is 8.42 Å². The molecular formula is C19H30N6O2S. The van der Waals surface area contributed by atoms with Gasteiger partial charge in [-0.05, 0) is 30.0 Å². The van der Waals surface area contributed by atoms with Gasteiger partial charge >= 0.3 is 0 Å². The molecule has 1 aromatic carbocycles. The fraction of sp³-hybridized carbons (Fsp3) is 0.526. The Morgan fingerprint density at radius 2 is 1.86 bits per heavy atom. The number of nitrogens with zero attached hydrogens (tertiary/aromatic N) is 4. The molecule has 0 unspecified atom stereocenters. The van der Waals surface area contributed by atoms with Crippen molar-refractivity contribution in [2.45, 2.75) is 44.6 Å². The highest BCUT2D eigenvalue weighted by Crippen LogP contribution is 2.23. The van der Waals surface area contributed by atoms with Gasteiger partial charge in [-0.25, -0.2) is 18.4 Å². The van der Waals surface area contributed by atoms with Crippen molar-refractivity contribution in [3.63, 3.8) is 0 Å². The summed E-state index contributed by atoms with van der Waals surface area (Å²) in [5, 5.41) is 10.2. The van der Waals surface area contributed by atoms with E-state index in [1.54, 1.807) is 23.9 Å². The van der Waals surface area contributed by atoms with Gasteiger partial charge in [0.25, 0.3) is 0 Å². The molecule has 0 atom stereocenters. The Morgan fingerprint density at radius 1 is 1.18 bits per heavy atom. The smallest absolute Gasteiger partial charge is 0.191 e. The van der Waals surface area contributed by atoms with Crippen LogP contribution in [0.3, 0.4) is 0 Å². The number of rotatable bonds is 7. The maximum Gasteiger partial charge on any atom is 0.191 e. The second-order valence-corrected chi connectivity index (χ2v) is 9.62. The highest BCUT2D eigenvalue weighted by atomic mass is 32.2. The minimum atomic E-state index is -3.37. The first-order valence-electron chi connectivity index (χ1n) is 9.32. The maximum atomic E-state index is 12.6. The molecule has 2 aromatic rings. The Bertz CT molecular complexity index is 895. The number of nitrogens with one attached hydrogen (secondary N) is 2. The molecule has 9 heteroatoms. The Balaban J connectivity index is 1.97. The zero-order chi connectivity index (χ0) is 20.8. The topological polar surface area (TPSA) is 101 Å². The van der Waals surface area contributed by atoms with Crippen molar-refractivity contribution in [2.75, 3.05) is 18.8 Å². The molecule has 0 fully saturated rings. The van der Waals surface area contributed by atoms with E-state index in [4.69, 9.17) is 0 Å². The van der Waals surface area contributed by atoms with Crippen molar-refractivity contribution in [3.05, 3.63) is 42.0 Å². The molecule has 0 saturated heterocycles. The fourth-order valence-electron chi connectivity index (χ4n) is 2.54. The van der Waals surface area contributed by atoms with Crippen LogP contribution in [0.2, 0.25) is 0 Å². The van der Waals surface area contributed by atoms with E-state index < -0.39 is 9.84 Å². The van der Waals surface area contributed by atoms with Crippen LogP contribution in [0.15, 0.2) is 40.5 Å². The summed E-state index contributed by atoms with van der Waals surface area (Å²) < 4.78 is 26.9. The molecule has 154 valence electrons. The second-order valence-electron chi connectivity index (χ2n) is 7.52. The number of aryl methyl sites for hydroxylation is 1. The number of aromatic nitrogens is 3. The molecular weight excluding hydrogens is 376 g/mol. The van der Waals surface area contributed by atoms with E-state index in [0.717, 1.165) is 11.4 Å². The maximum absolute atomic E-state index is 12.6. The summed E-state index contributed by atoms with van der Waals surface area (Å²) >= 11 is 0. The van der Waals surface area contributed by atoms with Crippen molar-refractivity contribution < 1.29 is 8.42 Å². The summed E-state index contributed by atoms with van der Waals surface area (Å²) in [7, 11) is -1.57. The summed E-state index contributed by atoms with van der Waals surface area (Å²) in [6.45, 7) is 9.54. The van der Waals surface area contributed by atoms with E-state index in [0.29, 0.717) is 23.9 Å². The van der Waals surface area contributed by atoms with Gasteiger partial charge in [-0.15, -0.1) is 0 Å². The molecule has 28 heavy (non-hydrogen) atoms. The summed E-state index contributed by atoms with van der Waals surface area (Å²) in [6, 6.07) is 7.13. The molecule has 0 saturated carbocycles. The minimum Gasteiger partial charge on any atom is -0.357 e. The average Bonchev–Trinajstić information content (AvgIpc) is 3.04. The molecule has 1 aromatic heterocycles. The highest BCUT2D eigenvalue weighted by molar-refractivity contribution is 7.91. The van der Waals surface area contributed by atoms with E-state index in [-0.39, 0.29) is 17.7 Å². The van der Waals surface area contributed by atoms with Gasteiger partial charge in [0.05, 0.1) is 10.6 Å². The molecule has 0 amide bonds. The number of benzene rings is 1. The lowest BCUT2D eigenvalue weighted by molar-refractivity contribution is 0.586. The standard InChI is InChI=1S/C19H30N6O2S/c1-6-20-18(22-13-17-23-14-24-25(17)5)21-11-12-28(26,27)16-9-7-15(8-10-16)19(2,3)4/h7-10,14H,6,11-13H2,1-5H3,(H2,20,21,22). The Kier molecular flexibility index (Phi) is 7.17. The van der Waals surface area contributed by atoms with Crippen LogP contribution in [-0.2, 0) is 28.8 Å². The molecule has 0 aliphatic rings. The summed E-state index contributed by atoms with van der Waals surface area (Å²) in [6.07, 6.45) is 1.47. The first kappa shape index (κ1) is 21.9. The molecule has 1 heterocycles. The number of guanidine groups is 1. The van der Waals surface area contributed by atoms with Crippen LogP contribution in [0.4, 0.5) is 0 Å². The molecule has 2 N–H and O–H groups in total. The lowest BCUT2D eigenvalue weighted by Crippen LogP contribution is -2.39. The van der Waals surface area contributed by atoms with Crippen molar-refractivity contribution >= 4 is 15.8 Å². The molecule has 0 radical (unpaired) electrons. The zero-order valence-corrected chi connectivity index (χ0v) is 18.0. The molecule has 2 rings (SSSR count). The Morgan fingerprint density at radius 3 is 2.39 bits per heavy atom. The van der Waals surface area contributed by atoms with Crippen LogP contribution in [-0.4, -0.2) is 48.0 Å². The largest absolute Gasteiger partial charge is 0.357 e. The van der Waals surface area contributed by atoms with Crippen LogP contribution in [0.1, 0.15) is 39.1 Å². The molecule has 0 aliphatic heterocycles. The number of hydrogen-bond acceptors (Lipinski definition) is 5. The average molecular weight is 407 g/mol. The third kappa shape index (κ3) is 6.05. The van der Waals surface area contributed by atoms with Crippen molar-refractivity contribution in [1.29, 1.82) is 0 Å². The zero-order valence-electron chi connectivity index (χ0n) is 17.2. The minimum absolute atomic E-state index is 0.0102. The summed E-state index contributed by atoms with van der Waals surface area (Å²) in [5.74, 6) is 1.25. The Labute approximate surface area is 167 Å². The van der Waals surface area contributed by atoms with Crippen LogP contribution in [0, 0.1) is 0 Å². The normalized spacial score (nSPS) is 12.8. The van der Waals surface area contributed by atoms with Crippen LogP contribution < -0.4 is 10.6 Å². The number of sulfone groups is 1. The SMILES string of the molecule is CCNC(=NCc1ncnn1C)NCCS(=O)(=O)c1ccc(C(C)(C)C)cc1. The predicted octanol–water partition coefficient (Wildman–Crippen LogP) is 1.64. The van der Waals surface area contributed by atoms with Gasteiger partial charge in [-0.2, -0.15) is 5.10 Å². The summed E-state index contributed by atoms with van der Waals surface area (Å²) in [5.41, 5.74) is 1.10. The van der Waals surface area contributed by atoms with Gasteiger partial charge < -0.3 is 10.6 Å². The van der Waals surface area contributed by atoms with Gasteiger partial charge in [0.15, 0.2) is 15.8 Å². The first-order valence-corrected chi connectivity index (χ1v) is 11.0. The van der Waals surface area contributed by atoms with Gasteiger partial charge in [0, 0.05) is 20.1 Å². The third-order valence-electron chi connectivity index (χ3n) is 4.27. The third-order valence-corrected chi connectivity index (χ3v) is 6.00. The lowest BCUT2D eigenvalue weighted by atomic mass is 9.87. The second kappa shape index (κ2) is 9.18. The first-order chi connectivity index (χ1) is 13.1. The molecule has 0 aliphatic carbocycles. The van der Waals surface area contributed by atoms with Crippen molar-refractivity contribution in [1.82, 2.24) is 25.4 Å². The van der Waals surface area contributed by atoms with Gasteiger partial charge in [0.2, 0.25) is 0 Å². The molecule has 8 nitrogen and oxygen atoms in total. The Hall–Kier alpha value is -2.42. The van der Waals surface area contributed by atoms with E-state index >= 15 is 0 Å². The number of aliphatic imine (C=N–C) groups is 1. The summed E-state index contributed by atoms with van der Waals surface area (Å²) in [4.78, 5) is 8.89. The predicted molar refractivity (Wildman–Crippen MR) is 111 cm³/mol. The molecule has 0 bridgehead atoms. The highest BCUT2D eigenvalue weighted by Gasteiger charge is 2.17. The quantitative estimate of drug-likeness (QED) is 0.535. The number of hydrogen-bond donors (Lipinski definition) is 2. The lowest BCUT2D eigenvalue weighted by Gasteiger charge is -2.19. The van der Waals surface area contributed by atoms with Crippen molar-refractivity contribution in [3.8, 4) is 0 Å².